The zero-order valence-corrected chi connectivity index (χ0v) is 9.89. The average molecular weight is 234 g/mol. The first kappa shape index (κ1) is 12.0. The van der Waals surface area contributed by atoms with Gasteiger partial charge in [-0.2, -0.15) is 0 Å². The number of carbonyl (C=O) groups is 1. The van der Waals surface area contributed by atoms with Gasteiger partial charge in [-0.15, -0.1) is 0 Å². The van der Waals surface area contributed by atoms with E-state index < -0.39 is 0 Å². The van der Waals surface area contributed by atoms with Gasteiger partial charge >= 0.3 is 0 Å². The van der Waals surface area contributed by atoms with Crippen LogP contribution in [0.2, 0.25) is 0 Å². The molecule has 0 atom stereocenters. The van der Waals surface area contributed by atoms with Crippen LogP contribution in [0.15, 0.2) is 24.5 Å². The molecule has 0 radical (unpaired) electrons. The fraction of sp³-hybridized carbons (Fsp3) is 0.538. The number of carbonyl (C=O) groups excluding carboxylic acids is 1. The molecule has 1 heterocycles. The maximum absolute atomic E-state index is 11.5. The molecular formula is C13H18N2O2. The Morgan fingerprint density at radius 2 is 2.29 bits per heavy atom. The summed E-state index contributed by atoms with van der Waals surface area (Å²) < 4.78 is 0. The van der Waals surface area contributed by atoms with Gasteiger partial charge in [0.1, 0.15) is 0 Å². The Labute approximate surface area is 101 Å². The van der Waals surface area contributed by atoms with E-state index in [4.69, 9.17) is 4.84 Å². The first-order chi connectivity index (χ1) is 8.34. The van der Waals surface area contributed by atoms with E-state index in [1.807, 2.05) is 12.1 Å². The Bertz CT molecular complexity index is 348. The topological polar surface area (TPSA) is 51.2 Å². The van der Waals surface area contributed by atoms with Crippen LogP contribution in [0.3, 0.4) is 0 Å². The predicted molar refractivity (Wildman–Crippen MR) is 64.0 cm³/mol. The summed E-state index contributed by atoms with van der Waals surface area (Å²) in [6.45, 7) is 0. The van der Waals surface area contributed by atoms with E-state index in [0.29, 0.717) is 12.8 Å². The van der Waals surface area contributed by atoms with Crippen LogP contribution in [0.4, 0.5) is 0 Å². The van der Waals surface area contributed by atoms with Crippen LogP contribution >= 0.6 is 0 Å². The molecule has 4 nitrogen and oxygen atoms in total. The van der Waals surface area contributed by atoms with Crippen LogP contribution in [0.25, 0.3) is 0 Å². The summed E-state index contributed by atoms with van der Waals surface area (Å²) in [5.41, 5.74) is 3.61. The molecule has 1 saturated carbocycles. The summed E-state index contributed by atoms with van der Waals surface area (Å²) in [5, 5.41) is 0. The highest BCUT2D eigenvalue weighted by atomic mass is 16.7. The summed E-state index contributed by atoms with van der Waals surface area (Å²) in [5.74, 6) is -0.0549. The van der Waals surface area contributed by atoms with Crippen LogP contribution in [-0.2, 0) is 16.1 Å². The van der Waals surface area contributed by atoms with Crippen molar-refractivity contribution in [2.75, 3.05) is 0 Å². The molecule has 4 heteroatoms. The summed E-state index contributed by atoms with van der Waals surface area (Å²) in [4.78, 5) is 20.9. The molecule has 1 aromatic heterocycles. The van der Waals surface area contributed by atoms with Gasteiger partial charge in [-0.1, -0.05) is 18.9 Å². The van der Waals surface area contributed by atoms with Crippen molar-refractivity contribution >= 4 is 5.91 Å². The molecular weight excluding hydrogens is 216 g/mol. The van der Waals surface area contributed by atoms with Gasteiger partial charge in [0, 0.05) is 18.8 Å². The predicted octanol–water partition coefficient (Wildman–Crippen LogP) is 2.00. The van der Waals surface area contributed by atoms with E-state index in [-0.39, 0.29) is 12.0 Å². The van der Waals surface area contributed by atoms with E-state index in [1.165, 1.54) is 12.8 Å². The number of hydrogen-bond donors (Lipinski definition) is 1. The monoisotopic (exact) mass is 234 g/mol. The molecule has 1 N–H and O–H groups in total. The number of nitrogens with zero attached hydrogens (tertiary/aromatic N) is 1. The van der Waals surface area contributed by atoms with Crippen LogP contribution in [0.5, 0.6) is 0 Å². The van der Waals surface area contributed by atoms with Gasteiger partial charge in [0.05, 0.1) is 6.10 Å². The fourth-order valence-corrected chi connectivity index (χ4v) is 2.01. The quantitative estimate of drug-likeness (QED) is 0.793. The van der Waals surface area contributed by atoms with E-state index in [2.05, 4.69) is 10.5 Å². The third-order valence-corrected chi connectivity index (χ3v) is 3.01. The molecule has 1 aliphatic rings. The third-order valence-electron chi connectivity index (χ3n) is 3.01. The standard InChI is InChI=1S/C13H18N2O2/c16-13(15-17-12-5-1-2-6-12)8-7-11-4-3-9-14-10-11/h3-4,9-10,12H,1-2,5-8H2,(H,15,16). The van der Waals surface area contributed by atoms with E-state index in [1.54, 1.807) is 12.4 Å². The molecule has 17 heavy (non-hydrogen) atoms. The lowest BCUT2D eigenvalue weighted by molar-refractivity contribution is -0.138. The Hall–Kier alpha value is -1.42. The zero-order chi connectivity index (χ0) is 11.9. The second-order valence-electron chi connectivity index (χ2n) is 4.41. The van der Waals surface area contributed by atoms with Crippen molar-refractivity contribution < 1.29 is 9.63 Å². The lowest BCUT2D eigenvalue weighted by Crippen LogP contribution is -2.28. The second-order valence-corrected chi connectivity index (χ2v) is 4.41. The zero-order valence-electron chi connectivity index (χ0n) is 9.89. The summed E-state index contributed by atoms with van der Waals surface area (Å²) in [6, 6.07) is 3.85. The average Bonchev–Trinajstić information content (AvgIpc) is 2.88. The molecule has 92 valence electrons. The van der Waals surface area contributed by atoms with Crippen LogP contribution in [-0.4, -0.2) is 17.0 Å². The lowest BCUT2D eigenvalue weighted by atomic mass is 10.1. The minimum absolute atomic E-state index is 0.0549. The number of amides is 1. The number of hydrogen-bond acceptors (Lipinski definition) is 3. The highest BCUT2D eigenvalue weighted by Crippen LogP contribution is 2.19. The molecule has 0 aromatic carbocycles. The Morgan fingerprint density at radius 3 is 3.00 bits per heavy atom. The molecule has 1 aliphatic carbocycles. The number of aryl methyl sites for hydroxylation is 1. The minimum Gasteiger partial charge on any atom is -0.273 e. The summed E-state index contributed by atoms with van der Waals surface area (Å²) >= 11 is 0. The molecule has 1 fully saturated rings. The molecule has 0 aliphatic heterocycles. The lowest BCUT2D eigenvalue weighted by Gasteiger charge is -2.11. The summed E-state index contributed by atoms with van der Waals surface area (Å²) in [7, 11) is 0. The molecule has 2 rings (SSSR count). The molecule has 0 unspecified atom stereocenters. The number of pyridine rings is 1. The van der Waals surface area contributed by atoms with Crippen molar-refractivity contribution in [3.8, 4) is 0 Å². The number of nitrogens with one attached hydrogen (secondary N) is 1. The van der Waals surface area contributed by atoms with Crippen molar-refractivity contribution in [2.24, 2.45) is 0 Å². The number of aromatic nitrogens is 1. The van der Waals surface area contributed by atoms with Crippen LogP contribution < -0.4 is 5.48 Å². The van der Waals surface area contributed by atoms with Crippen molar-refractivity contribution in [2.45, 2.75) is 44.6 Å². The largest absolute Gasteiger partial charge is 0.273 e. The number of rotatable bonds is 5. The minimum atomic E-state index is -0.0549. The molecule has 0 bridgehead atoms. The molecule has 0 spiro atoms. The maximum atomic E-state index is 11.5. The van der Waals surface area contributed by atoms with Gasteiger partial charge in [0.15, 0.2) is 0 Å². The van der Waals surface area contributed by atoms with Crippen molar-refractivity contribution in [1.29, 1.82) is 0 Å². The van der Waals surface area contributed by atoms with Gasteiger partial charge in [0.2, 0.25) is 5.91 Å². The van der Waals surface area contributed by atoms with Crippen molar-refractivity contribution in [1.82, 2.24) is 10.5 Å². The third kappa shape index (κ3) is 4.15. The van der Waals surface area contributed by atoms with Crippen LogP contribution in [0, 0.1) is 0 Å². The van der Waals surface area contributed by atoms with Crippen molar-refractivity contribution in [3.05, 3.63) is 30.1 Å². The Balaban J connectivity index is 1.64. The van der Waals surface area contributed by atoms with Crippen molar-refractivity contribution in [3.63, 3.8) is 0 Å². The van der Waals surface area contributed by atoms with E-state index >= 15 is 0 Å². The van der Waals surface area contributed by atoms with Gasteiger partial charge in [0.25, 0.3) is 0 Å². The second kappa shape index (κ2) is 6.35. The van der Waals surface area contributed by atoms with E-state index in [9.17, 15) is 4.79 Å². The first-order valence-corrected chi connectivity index (χ1v) is 6.18. The van der Waals surface area contributed by atoms with Gasteiger partial charge in [-0.3, -0.25) is 14.6 Å². The highest BCUT2D eigenvalue weighted by Gasteiger charge is 2.16. The van der Waals surface area contributed by atoms with Gasteiger partial charge in [-0.25, -0.2) is 5.48 Å². The first-order valence-electron chi connectivity index (χ1n) is 6.18. The highest BCUT2D eigenvalue weighted by molar-refractivity contribution is 5.75. The van der Waals surface area contributed by atoms with Gasteiger partial charge < -0.3 is 0 Å². The Kier molecular flexibility index (Phi) is 4.50. The van der Waals surface area contributed by atoms with Crippen LogP contribution in [0.1, 0.15) is 37.7 Å². The Morgan fingerprint density at radius 1 is 1.47 bits per heavy atom. The van der Waals surface area contributed by atoms with E-state index in [0.717, 1.165) is 18.4 Å². The maximum Gasteiger partial charge on any atom is 0.243 e. The molecule has 1 amide bonds. The number of hydroxylamine groups is 1. The molecule has 1 aromatic rings. The fourth-order valence-electron chi connectivity index (χ4n) is 2.01. The summed E-state index contributed by atoms with van der Waals surface area (Å²) in [6.07, 6.45) is 9.40. The van der Waals surface area contributed by atoms with Gasteiger partial charge in [-0.05, 0) is 30.9 Å². The smallest absolute Gasteiger partial charge is 0.243 e. The molecule has 0 saturated heterocycles. The SMILES string of the molecule is O=C(CCc1cccnc1)NOC1CCCC1. The normalized spacial score (nSPS) is 16.0.